The molecule has 4 nitrogen and oxygen atoms in total. The molecule has 0 amide bonds. The van der Waals surface area contributed by atoms with E-state index in [-0.39, 0.29) is 0 Å². The minimum absolute atomic E-state index is 0.347. The van der Waals surface area contributed by atoms with E-state index in [1.54, 1.807) is 18.4 Å². The summed E-state index contributed by atoms with van der Waals surface area (Å²) in [7, 11) is 1.64. The van der Waals surface area contributed by atoms with Crippen molar-refractivity contribution in [2.24, 2.45) is 0 Å². The third-order valence-electron chi connectivity index (χ3n) is 3.24. The van der Waals surface area contributed by atoms with Gasteiger partial charge < -0.3 is 4.74 Å². The molecule has 2 aromatic heterocycles. The van der Waals surface area contributed by atoms with Crippen LogP contribution in [0.3, 0.4) is 0 Å². The molecule has 0 aliphatic carbocycles. The molecular formula is C15H13N3OS. The molecule has 100 valence electrons. The topological polar surface area (TPSA) is 50.3 Å². The summed E-state index contributed by atoms with van der Waals surface area (Å²) in [6.07, 6.45) is 0.347. The van der Waals surface area contributed by atoms with Crippen molar-refractivity contribution in [2.45, 2.75) is 13.3 Å². The summed E-state index contributed by atoms with van der Waals surface area (Å²) in [5.41, 5.74) is 3.95. The summed E-state index contributed by atoms with van der Waals surface area (Å²) >= 11 is 1.59. The molecule has 1 aromatic carbocycles. The number of benzene rings is 1. The summed E-state index contributed by atoms with van der Waals surface area (Å²) in [6, 6.07) is 10.00. The van der Waals surface area contributed by atoms with E-state index in [0.29, 0.717) is 6.42 Å². The number of aryl methyl sites for hydroxylation is 1. The van der Waals surface area contributed by atoms with Crippen LogP contribution in [-0.2, 0) is 6.42 Å². The van der Waals surface area contributed by atoms with Gasteiger partial charge in [0, 0.05) is 16.6 Å². The molecule has 3 rings (SSSR count). The minimum atomic E-state index is 0.347. The fraction of sp³-hybridized carbons (Fsp3) is 0.200. The van der Waals surface area contributed by atoms with E-state index < -0.39 is 0 Å². The third kappa shape index (κ3) is 1.95. The second-order valence-corrected chi connectivity index (χ2v) is 5.30. The fourth-order valence-corrected chi connectivity index (χ4v) is 3.17. The number of nitrogens with zero attached hydrogens (tertiary/aromatic N) is 3. The van der Waals surface area contributed by atoms with Gasteiger partial charge in [0.05, 0.1) is 31.0 Å². The Balaban J connectivity index is 2.19. The van der Waals surface area contributed by atoms with E-state index in [1.165, 1.54) is 0 Å². The Bertz CT molecular complexity index is 793. The molecule has 20 heavy (non-hydrogen) atoms. The smallest absolute Gasteiger partial charge is 0.194 e. The summed E-state index contributed by atoms with van der Waals surface area (Å²) in [5.74, 6) is 0.813. The zero-order valence-corrected chi connectivity index (χ0v) is 12.1. The highest BCUT2D eigenvalue weighted by atomic mass is 32.1. The summed E-state index contributed by atoms with van der Waals surface area (Å²) < 4.78 is 7.23. The lowest BCUT2D eigenvalue weighted by Gasteiger charge is -2.03. The molecule has 0 fully saturated rings. The predicted molar refractivity (Wildman–Crippen MR) is 79.1 cm³/mol. The van der Waals surface area contributed by atoms with Crippen molar-refractivity contribution in [3.8, 4) is 23.1 Å². The molecular weight excluding hydrogens is 270 g/mol. The molecule has 5 heteroatoms. The van der Waals surface area contributed by atoms with Crippen LogP contribution in [0.1, 0.15) is 11.4 Å². The highest BCUT2D eigenvalue weighted by Crippen LogP contribution is 2.29. The molecule has 0 atom stereocenters. The Morgan fingerprint density at radius 2 is 2.10 bits per heavy atom. The summed E-state index contributed by atoms with van der Waals surface area (Å²) in [6.45, 7) is 2.03. The van der Waals surface area contributed by atoms with Gasteiger partial charge in [-0.1, -0.05) is 0 Å². The van der Waals surface area contributed by atoms with E-state index in [0.717, 1.165) is 33.4 Å². The molecule has 2 heterocycles. The molecule has 3 aromatic rings. The number of ether oxygens (including phenoxy) is 1. The Hall–Kier alpha value is -2.32. The molecule has 0 radical (unpaired) electrons. The van der Waals surface area contributed by atoms with Gasteiger partial charge in [-0.05, 0) is 31.2 Å². The van der Waals surface area contributed by atoms with Gasteiger partial charge in [-0.15, -0.1) is 11.3 Å². The standard InChI is InChI=1S/C15H13N3OS/c1-10-9-20-15-17-14(13(7-8-16)18(10)15)11-3-5-12(19-2)6-4-11/h3-6,9H,7H2,1-2H3. The first-order chi connectivity index (χ1) is 9.74. The van der Waals surface area contributed by atoms with Crippen LogP contribution < -0.4 is 4.74 Å². The van der Waals surface area contributed by atoms with Crippen molar-refractivity contribution >= 4 is 16.3 Å². The van der Waals surface area contributed by atoms with E-state index in [4.69, 9.17) is 10.00 Å². The number of nitriles is 1. The Labute approximate surface area is 120 Å². The van der Waals surface area contributed by atoms with E-state index >= 15 is 0 Å². The van der Waals surface area contributed by atoms with Gasteiger partial charge in [-0.2, -0.15) is 5.26 Å². The highest BCUT2D eigenvalue weighted by Gasteiger charge is 2.16. The zero-order chi connectivity index (χ0) is 14.1. The van der Waals surface area contributed by atoms with Gasteiger partial charge in [0.2, 0.25) is 0 Å². The fourth-order valence-electron chi connectivity index (χ4n) is 2.28. The van der Waals surface area contributed by atoms with E-state index in [9.17, 15) is 0 Å². The van der Waals surface area contributed by atoms with Crippen molar-refractivity contribution in [2.75, 3.05) is 7.11 Å². The van der Waals surface area contributed by atoms with Crippen LogP contribution in [0.2, 0.25) is 0 Å². The van der Waals surface area contributed by atoms with Crippen LogP contribution >= 0.6 is 11.3 Å². The molecule has 0 saturated carbocycles. The maximum atomic E-state index is 9.07. The maximum absolute atomic E-state index is 9.07. The molecule has 0 aliphatic rings. The molecule has 0 aliphatic heterocycles. The van der Waals surface area contributed by atoms with Gasteiger partial charge in [0.1, 0.15) is 5.75 Å². The molecule has 0 unspecified atom stereocenters. The molecule has 0 bridgehead atoms. The van der Waals surface area contributed by atoms with E-state index in [2.05, 4.69) is 20.8 Å². The second-order valence-electron chi connectivity index (χ2n) is 4.47. The van der Waals surface area contributed by atoms with Crippen molar-refractivity contribution in [1.82, 2.24) is 9.38 Å². The summed E-state index contributed by atoms with van der Waals surface area (Å²) in [4.78, 5) is 5.60. The Kier molecular flexibility index (Phi) is 3.17. The lowest BCUT2D eigenvalue weighted by atomic mass is 10.1. The number of rotatable bonds is 3. The SMILES string of the molecule is COc1ccc(-c2nc3scc(C)n3c2CC#N)cc1. The van der Waals surface area contributed by atoms with Crippen molar-refractivity contribution < 1.29 is 4.74 Å². The van der Waals surface area contributed by atoms with Crippen LogP contribution in [0, 0.1) is 18.3 Å². The molecule has 0 saturated heterocycles. The average Bonchev–Trinajstić information content (AvgIpc) is 3.01. The Morgan fingerprint density at radius 1 is 1.35 bits per heavy atom. The number of hydrogen-bond donors (Lipinski definition) is 0. The number of imidazole rings is 1. The third-order valence-corrected chi connectivity index (χ3v) is 4.18. The highest BCUT2D eigenvalue weighted by molar-refractivity contribution is 7.15. The number of aromatic nitrogens is 2. The first kappa shape index (κ1) is 12.7. The first-order valence-corrected chi connectivity index (χ1v) is 7.09. The first-order valence-electron chi connectivity index (χ1n) is 6.21. The van der Waals surface area contributed by atoms with E-state index in [1.807, 2.05) is 31.2 Å². The van der Waals surface area contributed by atoms with Crippen LogP contribution in [0.5, 0.6) is 5.75 Å². The van der Waals surface area contributed by atoms with Crippen molar-refractivity contribution in [1.29, 1.82) is 5.26 Å². The number of hydrogen-bond acceptors (Lipinski definition) is 4. The van der Waals surface area contributed by atoms with Crippen LogP contribution in [0.25, 0.3) is 16.2 Å². The molecule has 0 spiro atoms. The quantitative estimate of drug-likeness (QED) is 0.739. The largest absolute Gasteiger partial charge is 0.497 e. The summed E-state index contributed by atoms with van der Waals surface area (Å²) in [5, 5.41) is 11.1. The van der Waals surface area contributed by atoms with Crippen LogP contribution in [-0.4, -0.2) is 16.5 Å². The Morgan fingerprint density at radius 3 is 2.75 bits per heavy atom. The maximum Gasteiger partial charge on any atom is 0.194 e. The van der Waals surface area contributed by atoms with Gasteiger partial charge in [-0.25, -0.2) is 4.98 Å². The van der Waals surface area contributed by atoms with Gasteiger partial charge in [-0.3, -0.25) is 4.40 Å². The van der Waals surface area contributed by atoms with Crippen LogP contribution in [0.4, 0.5) is 0 Å². The lowest BCUT2D eigenvalue weighted by Crippen LogP contribution is -1.94. The van der Waals surface area contributed by atoms with Gasteiger partial charge in [0.15, 0.2) is 4.96 Å². The van der Waals surface area contributed by atoms with Crippen molar-refractivity contribution in [3.05, 3.63) is 41.0 Å². The number of fused-ring (bicyclic) bond motifs is 1. The normalized spacial score (nSPS) is 10.7. The predicted octanol–water partition coefficient (Wildman–Crippen LogP) is 3.45. The number of thiazole rings is 1. The van der Waals surface area contributed by atoms with Crippen molar-refractivity contribution in [3.63, 3.8) is 0 Å². The zero-order valence-electron chi connectivity index (χ0n) is 11.3. The molecule has 0 N–H and O–H groups in total. The average molecular weight is 283 g/mol. The monoisotopic (exact) mass is 283 g/mol. The van der Waals surface area contributed by atoms with Crippen LogP contribution in [0.15, 0.2) is 29.6 Å². The van der Waals surface area contributed by atoms with Gasteiger partial charge >= 0.3 is 0 Å². The lowest BCUT2D eigenvalue weighted by molar-refractivity contribution is 0.415. The minimum Gasteiger partial charge on any atom is -0.497 e. The second kappa shape index (κ2) is 4.99. The van der Waals surface area contributed by atoms with Gasteiger partial charge in [0.25, 0.3) is 0 Å². The number of methoxy groups -OCH3 is 1.